The number of carbonyl (C=O) groups is 2. The van der Waals surface area contributed by atoms with E-state index < -0.39 is 24.0 Å². The molecule has 2 saturated heterocycles. The lowest BCUT2D eigenvalue weighted by Gasteiger charge is -2.18. The molecule has 1 aromatic rings. The molecule has 2 amide bonds. The van der Waals surface area contributed by atoms with Crippen molar-refractivity contribution in [2.24, 2.45) is 11.8 Å². The number of hydrogen-bond acceptors (Lipinski definition) is 3. The van der Waals surface area contributed by atoms with Gasteiger partial charge in [0, 0.05) is 0 Å². The number of likely N-dealkylation sites (tertiary alicyclic amines) is 1. The van der Waals surface area contributed by atoms with Crippen molar-refractivity contribution in [1.29, 1.82) is 0 Å². The van der Waals surface area contributed by atoms with Crippen molar-refractivity contribution in [3.05, 3.63) is 54.6 Å². The minimum absolute atomic E-state index is 0.157. The number of imide groups is 1. The first kappa shape index (κ1) is 15.6. The van der Waals surface area contributed by atoms with Crippen LogP contribution in [0.5, 0.6) is 0 Å². The first-order chi connectivity index (χ1) is 11.2. The Morgan fingerprint density at radius 1 is 1.13 bits per heavy atom. The number of carbonyl (C=O) groups excluding carboxylic acids is 2. The molecule has 2 aliphatic heterocycles. The summed E-state index contributed by atoms with van der Waals surface area (Å²) in [5, 5.41) is 0. The molecule has 0 spiro atoms. The van der Waals surface area contributed by atoms with Crippen molar-refractivity contribution < 1.29 is 20.1 Å². The maximum Gasteiger partial charge on any atom is 0.236 e. The highest BCUT2D eigenvalue weighted by Gasteiger charge is 2.58. The molecular formula is C18H21N2O3+. The van der Waals surface area contributed by atoms with Gasteiger partial charge in [-0.15, -0.1) is 6.58 Å². The third-order valence-electron chi connectivity index (χ3n) is 4.40. The van der Waals surface area contributed by atoms with Gasteiger partial charge in [0.2, 0.25) is 11.8 Å². The van der Waals surface area contributed by atoms with E-state index in [0.717, 1.165) is 5.56 Å². The van der Waals surface area contributed by atoms with E-state index in [2.05, 4.69) is 12.3 Å². The number of fused-ring (bicyclic) bond motifs is 1. The van der Waals surface area contributed by atoms with E-state index in [9.17, 15) is 9.59 Å². The van der Waals surface area contributed by atoms with E-state index in [4.69, 9.17) is 4.74 Å². The lowest BCUT2D eigenvalue weighted by molar-refractivity contribution is -0.367. The minimum atomic E-state index is -0.461. The van der Waals surface area contributed by atoms with Crippen LogP contribution in [0.3, 0.4) is 0 Å². The van der Waals surface area contributed by atoms with Crippen LogP contribution in [0.25, 0.3) is 6.08 Å². The van der Waals surface area contributed by atoms with E-state index in [0.29, 0.717) is 13.1 Å². The van der Waals surface area contributed by atoms with E-state index in [-0.39, 0.29) is 11.8 Å². The van der Waals surface area contributed by atoms with E-state index in [1.807, 2.05) is 42.5 Å². The van der Waals surface area contributed by atoms with Crippen molar-refractivity contribution in [3.63, 3.8) is 0 Å². The van der Waals surface area contributed by atoms with E-state index in [1.165, 1.54) is 4.90 Å². The van der Waals surface area contributed by atoms with Gasteiger partial charge in [0.15, 0.2) is 0 Å². The molecule has 2 aliphatic rings. The molecule has 3 N–H and O–H groups in total. The predicted octanol–water partition coefficient (Wildman–Crippen LogP) is 0.496. The average Bonchev–Trinajstić information content (AvgIpc) is 3.06. The number of rotatable bonds is 5. The Labute approximate surface area is 135 Å². The third kappa shape index (κ3) is 2.73. The zero-order valence-electron chi connectivity index (χ0n) is 12.9. The second kappa shape index (κ2) is 6.48. The number of benzene rings is 1. The van der Waals surface area contributed by atoms with Crippen LogP contribution in [0, 0.1) is 11.8 Å². The standard InChI is InChI=1S/C18H20N2O3/c1-2-13-15-16(18(22)20(11-10-19)17(15)21)14(23-13)9-8-12-6-4-3-5-7-12/h2-9,13-16H,1,10-11,19H2/p+1/b9-8+/t13-,14+,15-,16+/m1/s1. The Kier molecular flexibility index (Phi) is 4.41. The van der Waals surface area contributed by atoms with Gasteiger partial charge in [-0.1, -0.05) is 48.6 Å². The Hall–Kier alpha value is -2.24. The molecule has 1 aromatic carbocycles. The second-order valence-electron chi connectivity index (χ2n) is 5.80. The first-order valence-corrected chi connectivity index (χ1v) is 7.83. The zero-order chi connectivity index (χ0) is 16.4. The lowest BCUT2D eigenvalue weighted by atomic mass is 9.89. The maximum absolute atomic E-state index is 12.6. The van der Waals surface area contributed by atoms with Crippen LogP contribution in [0.1, 0.15) is 5.56 Å². The fourth-order valence-electron chi connectivity index (χ4n) is 3.33. The minimum Gasteiger partial charge on any atom is -0.365 e. The van der Waals surface area contributed by atoms with Gasteiger partial charge in [-0.3, -0.25) is 14.5 Å². The number of amides is 2. The van der Waals surface area contributed by atoms with Gasteiger partial charge in [-0.05, 0) is 5.56 Å². The molecule has 0 saturated carbocycles. The first-order valence-electron chi connectivity index (χ1n) is 7.83. The Bertz CT molecular complexity index is 641. The van der Waals surface area contributed by atoms with Gasteiger partial charge in [-0.2, -0.15) is 0 Å². The Balaban J connectivity index is 1.85. The smallest absolute Gasteiger partial charge is 0.236 e. The second-order valence-corrected chi connectivity index (χ2v) is 5.80. The topological polar surface area (TPSA) is 74.2 Å². The normalized spacial score (nSPS) is 30.2. The molecule has 23 heavy (non-hydrogen) atoms. The van der Waals surface area contributed by atoms with Crippen LogP contribution in [-0.2, 0) is 14.3 Å². The molecule has 2 heterocycles. The SMILES string of the molecule is C=C[C@H]1O[C@@H](/C=C/c2ccccc2)[C@@H]2C(=O)N(CC[NH3+])C(=O)[C@@H]21. The van der Waals surface area contributed by atoms with Crippen molar-refractivity contribution in [2.45, 2.75) is 12.2 Å². The average molecular weight is 313 g/mol. The third-order valence-corrected chi connectivity index (χ3v) is 4.40. The Morgan fingerprint density at radius 2 is 1.78 bits per heavy atom. The van der Waals surface area contributed by atoms with Crippen molar-refractivity contribution in [2.75, 3.05) is 13.1 Å². The van der Waals surface area contributed by atoms with Crippen molar-refractivity contribution >= 4 is 17.9 Å². The molecule has 0 aromatic heterocycles. The van der Waals surface area contributed by atoms with Crippen molar-refractivity contribution in [1.82, 2.24) is 4.90 Å². The molecule has 2 fully saturated rings. The molecule has 0 bridgehead atoms. The summed E-state index contributed by atoms with van der Waals surface area (Å²) in [6.45, 7) is 4.62. The summed E-state index contributed by atoms with van der Waals surface area (Å²) in [4.78, 5) is 26.4. The fourth-order valence-corrected chi connectivity index (χ4v) is 3.33. The van der Waals surface area contributed by atoms with Crippen LogP contribution in [-0.4, -0.2) is 42.0 Å². The molecule has 5 nitrogen and oxygen atoms in total. The molecule has 3 rings (SSSR count). The van der Waals surface area contributed by atoms with Gasteiger partial charge >= 0.3 is 0 Å². The van der Waals surface area contributed by atoms with Crippen LogP contribution < -0.4 is 5.73 Å². The number of nitrogens with zero attached hydrogens (tertiary/aromatic N) is 1. The van der Waals surface area contributed by atoms with Crippen LogP contribution >= 0.6 is 0 Å². The molecule has 0 unspecified atom stereocenters. The van der Waals surface area contributed by atoms with Crippen molar-refractivity contribution in [3.8, 4) is 0 Å². The zero-order valence-corrected chi connectivity index (χ0v) is 12.9. The summed E-state index contributed by atoms with van der Waals surface area (Å²) in [5.41, 5.74) is 4.76. The van der Waals surface area contributed by atoms with Crippen LogP contribution in [0.15, 0.2) is 49.1 Å². The number of ether oxygens (including phenoxy) is 1. The highest BCUT2D eigenvalue weighted by molar-refractivity contribution is 6.06. The maximum atomic E-state index is 12.6. The lowest BCUT2D eigenvalue weighted by Crippen LogP contribution is -2.56. The summed E-state index contributed by atoms with van der Waals surface area (Å²) in [6, 6.07) is 9.80. The van der Waals surface area contributed by atoms with Crippen LogP contribution in [0.2, 0.25) is 0 Å². The highest BCUT2D eigenvalue weighted by Crippen LogP contribution is 2.41. The number of hydrogen-bond donors (Lipinski definition) is 1. The molecule has 0 aliphatic carbocycles. The summed E-state index contributed by atoms with van der Waals surface area (Å²) in [7, 11) is 0. The molecular weight excluding hydrogens is 292 g/mol. The fraction of sp³-hybridized carbons (Fsp3) is 0.333. The summed E-state index contributed by atoms with van der Waals surface area (Å²) in [5.74, 6) is -1.24. The van der Waals surface area contributed by atoms with Gasteiger partial charge in [0.05, 0.1) is 37.1 Å². The summed E-state index contributed by atoms with van der Waals surface area (Å²) in [6.07, 6.45) is 4.59. The number of quaternary nitrogens is 1. The highest BCUT2D eigenvalue weighted by atomic mass is 16.5. The molecule has 120 valence electrons. The monoisotopic (exact) mass is 313 g/mol. The quantitative estimate of drug-likeness (QED) is 0.635. The largest absolute Gasteiger partial charge is 0.365 e. The van der Waals surface area contributed by atoms with Gasteiger partial charge in [0.1, 0.15) is 0 Å². The van der Waals surface area contributed by atoms with E-state index >= 15 is 0 Å². The van der Waals surface area contributed by atoms with Crippen LogP contribution in [0.4, 0.5) is 0 Å². The van der Waals surface area contributed by atoms with Gasteiger partial charge < -0.3 is 10.5 Å². The molecule has 0 radical (unpaired) electrons. The molecule has 5 heteroatoms. The molecule has 4 atom stereocenters. The van der Waals surface area contributed by atoms with E-state index in [1.54, 1.807) is 6.08 Å². The summed E-state index contributed by atoms with van der Waals surface area (Å²) >= 11 is 0. The summed E-state index contributed by atoms with van der Waals surface area (Å²) < 4.78 is 5.88. The van der Waals surface area contributed by atoms with Gasteiger partial charge in [-0.25, -0.2) is 0 Å². The Morgan fingerprint density at radius 3 is 2.39 bits per heavy atom. The van der Waals surface area contributed by atoms with Gasteiger partial charge in [0.25, 0.3) is 0 Å². The predicted molar refractivity (Wildman–Crippen MR) is 85.8 cm³/mol.